The molecule has 1 aliphatic heterocycles. The zero-order valence-corrected chi connectivity index (χ0v) is 10.7. The molecule has 0 aliphatic carbocycles. The minimum Gasteiger partial charge on any atom is -0.444 e. The number of hydrogen-bond donors (Lipinski definition) is 2. The van der Waals surface area contributed by atoms with Crippen molar-refractivity contribution in [3.63, 3.8) is 0 Å². The molecule has 0 aromatic carbocycles. The zero-order chi connectivity index (χ0) is 13.1. The molecule has 5 heteroatoms. The first-order chi connectivity index (χ1) is 7.78. The van der Waals surface area contributed by atoms with Gasteiger partial charge in [-0.2, -0.15) is 0 Å². The molecule has 0 aromatic rings. The van der Waals surface area contributed by atoms with E-state index >= 15 is 0 Å². The number of carbonyl (C=O) groups excluding carboxylic acids is 2. The summed E-state index contributed by atoms with van der Waals surface area (Å²) in [6.07, 6.45) is 1.75. The van der Waals surface area contributed by atoms with Gasteiger partial charge in [0.15, 0.2) is 6.04 Å². The third-order valence-electron chi connectivity index (χ3n) is 2.40. The fourth-order valence-corrected chi connectivity index (χ4v) is 1.66. The minimum atomic E-state index is -0.555. The Kier molecular flexibility index (Phi) is 4.26. The van der Waals surface area contributed by atoms with Crippen molar-refractivity contribution in [3.8, 4) is 0 Å². The third kappa shape index (κ3) is 4.97. The van der Waals surface area contributed by atoms with Gasteiger partial charge in [-0.15, -0.1) is 0 Å². The Balaban J connectivity index is 2.50. The number of hydrogen-bond acceptors (Lipinski definition) is 3. The van der Waals surface area contributed by atoms with Gasteiger partial charge in [0.25, 0.3) is 0 Å². The summed E-state index contributed by atoms with van der Waals surface area (Å²) >= 11 is 0. The molecule has 0 spiro atoms. The van der Waals surface area contributed by atoms with Crippen LogP contribution in [0.4, 0.5) is 4.79 Å². The largest absolute Gasteiger partial charge is 0.444 e. The smallest absolute Gasteiger partial charge is 0.408 e. The molecule has 2 amide bonds. The monoisotopic (exact) mass is 241 g/mol. The highest BCUT2D eigenvalue weighted by Crippen LogP contribution is 2.11. The van der Waals surface area contributed by atoms with E-state index in [4.69, 9.17) is 4.74 Å². The fourth-order valence-electron chi connectivity index (χ4n) is 1.66. The van der Waals surface area contributed by atoms with Crippen LogP contribution < -0.4 is 10.6 Å². The van der Waals surface area contributed by atoms with E-state index in [0.29, 0.717) is 6.42 Å². The Morgan fingerprint density at radius 2 is 2.12 bits per heavy atom. The lowest BCUT2D eigenvalue weighted by atomic mass is 10.1. The number of amides is 2. The van der Waals surface area contributed by atoms with Crippen LogP contribution in [0, 0.1) is 6.92 Å². The Labute approximate surface area is 102 Å². The second-order valence-corrected chi connectivity index (χ2v) is 5.34. The van der Waals surface area contributed by atoms with Crippen molar-refractivity contribution in [1.82, 2.24) is 10.6 Å². The van der Waals surface area contributed by atoms with Gasteiger partial charge in [0.2, 0.25) is 5.91 Å². The van der Waals surface area contributed by atoms with E-state index in [1.807, 2.05) is 0 Å². The van der Waals surface area contributed by atoms with Crippen molar-refractivity contribution in [2.45, 2.75) is 57.7 Å². The molecular weight excluding hydrogens is 220 g/mol. The van der Waals surface area contributed by atoms with Crippen LogP contribution in [0.1, 0.15) is 40.0 Å². The van der Waals surface area contributed by atoms with Gasteiger partial charge in [-0.3, -0.25) is 4.79 Å². The van der Waals surface area contributed by atoms with E-state index in [1.165, 1.54) is 0 Å². The molecular formula is C12H21N2O3+. The van der Waals surface area contributed by atoms with Crippen molar-refractivity contribution in [3.05, 3.63) is 6.92 Å². The van der Waals surface area contributed by atoms with Crippen LogP contribution in [0.25, 0.3) is 0 Å². The molecule has 2 atom stereocenters. The fraction of sp³-hybridized carbons (Fsp3) is 0.750. The van der Waals surface area contributed by atoms with Crippen LogP contribution in [0.3, 0.4) is 0 Å². The Morgan fingerprint density at radius 3 is 2.71 bits per heavy atom. The minimum absolute atomic E-state index is 0.0760. The number of rotatable bonds is 1. The molecule has 2 N–H and O–H groups in total. The maximum atomic E-state index is 11.7. The average Bonchev–Trinajstić information content (AvgIpc) is 2.25. The van der Waals surface area contributed by atoms with Crippen molar-refractivity contribution in [2.24, 2.45) is 0 Å². The number of alkyl carbamates (subject to hydrolysis) is 1. The lowest BCUT2D eigenvalue weighted by Crippen LogP contribution is -2.48. The van der Waals surface area contributed by atoms with E-state index in [-0.39, 0.29) is 11.9 Å². The molecule has 1 rings (SSSR count). The first-order valence-corrected chi connectivity index (χ1v) is 5.91. The van der Waals surface area contributed by atoms with Gasteiger partial charge in [-0.25, -0.2) is 4.79 Å². The molecule has 5 nitrogen and oxygen atoms in total. The van der Waals surface area contributed by atoms with Gasteiger partial charge in [0, 0.05) is 6.42 Å². The van der Waals surface area contributed by atoms with E-state index in [0.717, 1.165) is 12.8 Å². The topological polar surface area (TPSA) is 67.4 Å². The molecule has 0 saturated carbocycles. The number of nitrogens with one attached hydrogen (secondary N) is 2. The molecule has 1 saturated heterocycles. The molecule has 1 heterocycles. The highest BCUT2D eigenvalue weighted by atomic mass is 16.6. The SMILES string of the molecule is [CH2+][C@@H]1CCC[C@@H](NC(=O)OC(C)(C)C)C(=O)N1. The maximum absolute atomic E-state index is 11.7. The zero-order valence-electron chi connectivity index (χ0n) is 10.7. The number of carbonyl (C=O) groups is 2. The van der Waals surface area contributed by atoms with Crippen LogP contribution in [0.5, 0.6) is 0 Å². The van der Waals surface area contributed by atoms with Crippen molar-refractivity contribution >= 4 is 12.0 Å². The molecule has 1 fully saturated rings. The summed E-state index contributed by atoms with van der Waals surface area (Å²) in [6, 6.07) is -0.593. The summed E-state index contributed by atoms with van der Waals surface area (Å²) < 4.78 is 5.11. The van der Waals surface area contributed by atoms with E-state index in [2.05, 4.69) is 17.6 Å². The number of ether oxygens (including phenoxy) is 1. The summed E-state index contributed by atoms with van der Waals surface area (Å²) in [6.45, 7) is 9.16. The van der Waals surface area contributed by atoms with Crippen molar-refractivity contribution in [2.75, 3.05) is 0 Å². The lowest BCUT2D eigenvalue weighted by molar-refractivity contribution is -0.123. The molecule has 0 bridgehead atoms. The van der Waals surface area contributed by atoms with Gasteiger partial charge in [-0.1, -0.05) is 0 Å². The van der Waals surface area contributed by atoms with Crippen LogP contribution >= 0.6 is 0 Å². The van der Waals surface area contributed by atoms with Gasteiger partial charge in [-0.05, 0) is 33.6 Å². The highest BCUT2D eigenvalue weighted by molar-refractivity contribution is 5.86. The summed E-state index contributed by atoms with van der Waals surface area (Å²) in [5, 5.41) is 5.32. The molecule has 0 unspecified atom stereocenters. The Morgan fingerprint density at radius 1 is 1.47 bits per heavy atom. The summed E-state index contributed by atoms with van der Waals surface area (Å²) in [4.78, 5) is 23.2. The first-order valence-electron chi connectivity index (χ1n) is 5.91. The summed E-state index contributed by atoms with van der Waals surface area (Å²) in [5.41, 5.74) is -0.555. The lowest BCUT2D eigenvalue weighted by Gasteiger charge is -2.22. The van der Waals surface area contributed by atoms with Crippen molar-refractivity contribution in [1.29, 1.82) is 0 Å². The molecule has 17 heavy (non-hydrogen) atoms. The predicted molar refractivity (Wildman–Crippen MR) is 64.3 cm³/mol. The van der Waals surface area contributed by atoms with Crippen LogP contribution in [0.15, 0.2) is 0 Å². The van der Waals surface area contributed by atoms with Crippen LogP contribution in [0.2, 0.25) is 0 Å². The standard InChI is InChI=1S/C12H20N2O3/c1-8-6-5-7-9(10(15)13-8)14-11(16)17-12(2,3)4/h8-9H,1,5-7H2,2-4H3,(H-,13,14,15,16)/p+1/t8-,9-/m1/s1. The van der Waals surface area contributed by atoms with Gasteiger partial charge >= 0.3 is 6.09 Å². The van der Waals surface area contributed by atoms with Gasteiger partial charge in [0.05, 0.1) is 6.92 Å². The first kappa shape index (κ1) is 13.7. The second-order valence-electron chi connectivity index (χ2n) is 5.34. The predicted octanol–water partition coefficient (Wildman–Crippen LogP) is 1.38. The third-order valence-corrected chi connectivity index (χ3v) is 2.40. The summed E-state index contributed by atoms with van der Waals surface area (Å²) in [7, 11) is 0. The van der Waals surface area contributed by atoms with E-state index < -0.39 is 17.7 Å². The highest BCUT2D eigenvalue weighted by Gasteiger charge is 2.28. The van der Waals surface area contributed by atoms with E-state index in [9.17, 15) is 9.59 Å². The van der Waals surface area contributed by atoms with Crippen LogP contribution in [-0.2, 0) is 9.53 Å². The van der Waals surface area contributed by atoms with E-state index in [1.54, 1.807) is 20.8 Å². The quantitative estimate of drug-likeness (QED) is 0.682. The normalized spacial score (nSPS) is 25.7. The van der Waals surface area contributed by atoms with Gasteiger partial charge in [0.1, 0.15) is 11.6 Å². The molecule has 96 valence electrons. The van der Waals surface area contributed by atoms with Crippen molar-refractivity contribution < 1.29 is 14.3 Å². The second kappa shape index (κ2) is 5.29. The summed E-state index contributed by atoms with van der Waals surface area (Å²) in [5.74, 6) is -0.187. The van der Waals surface area contributed by atoms with Crippen LogP contribution in [-0.4, -0.2) is 29.7 Å². The molecule has 0 aromatic heterocycles. The molecule has 1 aliphatic rings. The maximum Gasteiger partial charge on any atom is 0.408 e. The Hall–Kier alpha value is -1.39. The average molecular weight is 241 g/mol. The Bertz CT molecular complexity index is 297. The molecule has 0 radical (unpaired) electrons. The van der Waals surface area contributed by atoms with Gasteiger partial charge < -0.3 is 15.4 Å².